The summed E-state index contributed by atoms with van der Waals surface area (Å²) < 4.78 is 10.5. The fourth-order valence-corrected chi connectivity index (χ4v) is 3.92. The molecule has 2 heterocycles. The maximum Gasteiger partial charge on any atom is 0.338 e. The number of likely N-dealkylation sites (N-methyl/N-ethyl adjacent to an activating group) is 1. The minimum Gasteiger partial charge on any atom is -0.497 e. The molecule has 0 radical (unpaired) electrons. The third-order valence-corrected chi connectivity index (χ3v) is 5.29. The maximum atomic E-state index is 12.8. The first-order valence-electron chi connectivity index (χ1n) is 9.33. The zero-order valence-electron chi connectivity index (χ0n) is 16.7. The first-order chi connectivity index (χ1) is 14.0. The quantitative estimate of drug-likeness (QED) is 0.648. The lowest BCUT2D eigenvalue weighted by molar-refractivity contribution is -0.139. The van der Waals surface area contributed by atoms with Gasteiger partial charge in [-0.1, -0.05) is 12.1 Å². The largest absolute Gasteiger partial charge is 0.497 e. The highest BCUT2D eigenvalue weighted by Crippen LogP contribution is 2.29. The van der Waals surface area contributed by atoms with Crippen molar-refractivity contribution in [3.05, 3.63) is 63.5 Å². The maximum absolute atomic E-state index is 12.8. The predicted molar refractivity (Wildman–Crippen MR) is 112 cm³/mol. The van der Waals surface area contributed by atoms with Gasteiger partial charge in [0.2, 0.25) is 0 Å². The van der Waals surface area contributed by atoms with Crippen molar-refractivity contribution < 1.29 is 19.1 Å². The Morgan fingerprint density at radius 1 is 1.21 bits per heavy atom. The van der Waals surface area contributed by atoms with Gasteiger partial charge in [-0.2, -0.15) is 11.3 Å². The molecule has 1 aliphatic heterocycles. The van der Waals surface area contributed by atoms with Gasteiger partial charge in [-0.25, -0.2) is 9.59 Å². The molecule has 0 fully saturated rings. The van der Waals surface area contributed by atoms with Crippen molar-refractivity contribution in [2.75, 3.05) is 27.3 Å². The summed E-state index contributed by atoms with van der Waals surface area (Å²) in [6.07, 6.45) is 0. The lowest BCUT2D eigenvalue weighted by atomic mass is 9.95. The van der Waals surface area contributed by atoms with Crippen LogP contribution < -0.4 is 15.4 Å². The van der Waals surface area contributed by atoms with Gasteiger partial charge in [0.1, 0.15) is 5.75 Å². The van der Waals surface area contributed by atoms with E-state index in [0.717, 1.165) is 5.56 Å². The van der Waals surface area contributed by atoms with Crippen LogP contribution in [0.15, 0.2) is 52.4 Å². The average Bonchev–Trinajstić information content (AvgIpc) is 3.20. The molecule has 0 saturated carbocycles. The second-order valence-electron chi connectivity index (χ2n) is 6.72. The van der Waals surface area contributed by atoms with Gasteiger partial charge < -0.3 is 20.1 Å². The lowest BCUT2D eigenvalue weighted by Gasteiger charge is -2.31. The number of methoxy groups -OCH3 is 1. The third kappa shape index (κ3) is 5.16. The molecule has 0 spiro atoms. The van der Waals surface area contributed by atoms with Gasteiger partial charge in [0, 0.05) is 18.8 Å². The van der Waals surface area contributed by atoms with Gasteiger partial charge >= 0.3 is 12.0 Å². The summed E-state index contributed by atoms with van der Waals surface area (Å²) in [4.78, 5) is 27.2. The molecule has 0 bridgehead atoms. The molecule has 2 amide bonds. The van der Waals surface area contributed by atoms with E-state index in [2.05, 4.69) is 22.1 Å². The van der Waals surface area contributed by atoms with Gasteiger partial charge in [-0.15, -0.1) is 0 Å². The number of ether oxygens (including phenoxy) is 2. The number of nitrogens with zero attached hydrogens (tertiary/aromatic N) is 1. The number of thiophene rings is 1. The van der Waals surface area contributed by atoms with Crippen molar-refractivity contribution >= 4 is 23.3 Å². The number of hydrogen-bond acceptors (Lipinski definition) is 6. The number of amides is 2. The minimum absolute atomic E-state index is 0.254. The topological polar surface area (TPSA) is 79.9 Å². The fourth-order valence-electron chi connectivity index (χ4n) is 3.26. The molecule has 7 nitrogen and oxygen atoms in total. The highest BCUT2D eigenvalue weighted by Gasteiger charge is 2.34. The van der Waals surface area contributed by atoms with Crippen LogP contribution in [-0.2, 0) is 16.1 Å². The summed E-state index contributed by atoms with van der Waals surface area (Å²) in [6.45, 7) is 3.13. The monoisotopic (exact) mass is 415 g/mol. The van der Waals surface area contributed by atoms with Crippen LogP contribution >= 0.6 is 11.3 Å². The van der Waals surface area contributed by atoms with Crippen LogP contribution in [0, 0.1) is 0 Å². The van der Waals surface area contributed by atoms with Gasteiger partial charge in [-0.05, 0) is 54.1 Å². The Morgan fingerprint density at radius 2 is 1.97 bits per heavy atom. The summed E-state index contributed by atoms with van der Waals surface area (Å²) in [5, 5.41) is 9.75. The van der Waals surface area contributed by atoms with Crippen molar-refractivity contribution in [1.82, 2.24) is 15.5 Å². The average molecular weight is 416 g/mol. The molecule has 2 aromatic rings. The Bertz CT molecular complexity index is 878. The van der Waals surface area contributed by atoms with E-state index < -0.39 is 12.0 Å². The minimum atomic E-state index is -0.599. The standard InChI is InChI=1S/C21H25N3O4S/c1-4-28-20(25)18-17(12-24(2)11-14-9-10-29-13-14)22-21(26)23-19(18)15-5-7-16(27-3)8-6-15/h5-10,13,19H,4,11-12H2,1-3H3,(H2,22,23,26). The highest BCUT2D eigenvalue weighted by molar-refractivity contribution is 7.07. The van der Waals surface area contributed by atoms with Crippen LogP contribution in [0.4, 0.5) is 4.79 Å². The molecular weight excluding hydrogens is 390 g/mol. The van der Waals surface area contributed by atoms with Crippen LogP contribution in [0.5, 0.6) is 5.75 Å². The Labute approximate surface area is 174 Å². The lowest BCUT2D eigenvalue weighted by Crippen LogP contribution is -2.48. The summed E-state index contributed by atoms with van der Waals surface area (Å²) >= 11 is 1.64. The molecule has 29 heavy (non-hydrogen) atoms. The van der Waals surface area contributed by atoms with Crippen molar-refractivity contribution in [3.63, 3.8) is 0 Å². The van der Waals surface area contributed by atoms with Gasteiger partial charge in [0.15, 0.2) is 0 Å². The van der Waals surface area contributed by atoms with Crippen LogP contribution in [0.25, 0.3) is 0 Å². The third-order valence-electron chi connectivity index (χ3n) is 4.56. The molecule has 1 aromatic heterocycles. The molecule has 2 N–H and O–H groups in total. The molecule has 3 rings (SSSR count). The Hall–Kier alpha value is -2.84. The number of nitrogens with one attached hydrogen (secondary N) is 2. The summed E-state index contributed by atoms with van der Waals surface area (Å²) in [7, 11) is 3.54. The van der Waals surface area contributed by atoms with E-state index in [1.54, 1.807) is 37.5 Å². The van der Waals surface area contributed by atoms with Crippen LogP contribution in [0.1, 0.15) is 24.1 Å². The molecule has 1 aromatic carbocycles. The summed E-state index contributed by atoms with van der Waals surface area (Å²) in [5.74, 6) is 0.256. The van der Waals surface area contributed by atoms with Crippen molar-refractivity contribution in [3.8, 4) is 5.75 Å². The fraction of sp³-hybridized carbons (Fsp3) is 0.333. The smallest absolute Gasteiger partial charge is 0.338 e. The van der Waals surface area contributed by atoms with Crippen molar-refractivity contribution in [1.29, 1.82) is 0 Å². The summed E-state index contributed by atoms with van der Waals surface area (Å²) in [6, 6.07) is 8.38. The number of carbonyl (C=O) groups is 2. The van der Waals surface area contributed by atoms with Crippen LogP contribution in [-0.4, -0.2) is 44.2 Å². The summed E-state index contributed by atoms with van der Waals surface area (Å²) in [5.41, 5.74) is 2.92. The SMILES string of the molecule is CCOC(=O)C1=C(CN(C)Cc2ccsc2)NC(=O)NC1c1ccc(OC)cc1. The zero-order chi connectivity index (χ0) is 20.8. The molecular formula is C21H25N3O4S. The molecule has 0 saturated heterocycles. The Kier molecular flexibility index (Phi) is 6.90. The molecule has 1 aliphatic rings. The van der Waals surface area contributed by atoms with E-state index in [0.29, 0.717) is 30.1 Å². The van der Waals surface area contributed by atoms with Crippen molar-refractivity contribution in [2.24, 2.45) is 0 Å². The van der Waals surface area contributed by atoms with E-state index in [9.17, 15) is 9.59 Å². The number of urea groups is 1. The molecule has 0 aliphatic carbocycles. The first-order valence-corrected chi connectivity index (χ1v) is 10.3. The van der Waals surface area contributed by atoms with E-state index in [-0.39, 0.29) is 12.6 Å². The normalized spacial score (nSPS) is 16.4. The first kappa shape index (κ1) is 20.9. The molecule has 1 unspecified atom stereocenters. The van der Waals surface area contributed by atoms with E-state index in [1.165, 1.54) is 5.56 Å². The second kappa shape index (κ2) is 9.58. The van der Waals surface area contributed by atoms with Gasteiger partial charge in [0.25, 0.3) is 0 Å². The van der Waals surface area contributed by atoms with Gasteiger partial charge in [0.05, 0.1) is 25.3 Å². The van der Waals surface area contributed by atoms with E-state index in [4.69, 9.17) is 9.47 Å². The zero-order valence-corrected chi connectivity index (χ0v) is 17.5. The number of rotatable bonds is 8. The second-order valence-corrected chi connectivity index (χ2v) is 7.50. The Balaban J connectivity index is 1.93. The molecule has 1 atom stereocenters. The number of esters is 1. The highest BCUT2D eigenvalue weighted by atomic mass is 32.1. The Morgan fingerprint density at radius 3 is 2.59 bits per heavy atom. The molecule has 8 heteroatoms. The van der Waals surface area contributed by atoms with Crippen molar-refractivity contribution in [2.45, 2.75) is 19.5 Å². The van der Waals surface area contributed by atoms with Crippen LogP contribution in [0.2, 0.25) is 0 Å². The van der Waals surface area contributed by atoms with Gasteiger partial charge in [-0.3, -0.25) is 4.90 Å². The number of hydrogen-bond donors (Lipinski definition) is 2. The number of carbonyl (C=O) groups excluding carboxylic acids is 2. The van der Waals surface area contributed by atoms with E-state index >= 15 is 0 Å². The van der Waals surface area contributed by atoms with Crippen LogP contribution in [0.3, 0.4) is 0 Å². The van der Waals surface area contributed by atoms with E-state index in [1.807, 2.05) is 29.5 Å². The predicted octanol–water partition coefficient (Wildman–Crippen LogP) is 3.06. The number of benzene rings is 1. The molecule has 154 valence electrons.